The Morgan fingerprint density at radius 2 is 1.79 bits per heavy atom. The predicted molar refractivity (Wildman–Crippen MR) is 149 cm³/mol. The lowest BCUT2D eigenvalue weighted by Crippen LogP contribution is -2.59. The maximum atomic E-state index is 14.5. The zero-order valence-electron chi connectivity index (χ0n) is 23.2. The standard InChI is InChI=1S/C31H41N3O5/c1-4-6-10-17-32-18-12-16-31-26(29(37)34(27(31)30(32)38)23(20-35)21(3)5-2)25-24(39-31)15-11-19-33(28(25)36)22-13-8-7-9-14-22/h7-9,11-16,21,23-27,35H,4-6,10,17-20H2,1-3H3/t21-,23-,24-,25+,26-,27?,31-/m0/s1. The summed E-state index contributed by atoms with van der Waals surface area (Å²) < 4.78 is 6.74. The van der Waals surface area contributed by atoms with Crippen molar-refractivity contribution in [2.24, 2.45) is 17.8 Å². The van der Waals surface area contributed by atoms with E-state index in [1.54, 1.807) is 9.80 Å². The van der Waals surface area contributed by atoms with Gasteiger partial charge in [-0.15, -0.1) is 0 Å². The summed E-state index contributed by atoms with van der Waals surface area (Å²) in [6.45, 7) is 7.28. The smallest absolute Gasteiger partial charge is 0.249 e. The number of aliphatic hydroxyl groups excluding tert-OH is 1. The van der Waals surface area contributed by atoms with Crippen molar-refractivity contribution in [3.8, 4) is 0 Å². The number of benzene rings is 1. The van der Waals surface area contributed by atoms with Crippen molar-refractivity contribution >= 4 is 23.4 Å². The van der Waals surface area contributed by atoms with Crippen molar-refractivity contribution in [3.05, 3.63) is 54.6 Å². The first kappa shape index (κ1) is 27.6. The molecule has 8 heteroatoms. The van der Waals surface area contributed by atoms with E-state index in [-0.39, 0.29) is 30.2 Å². The van der Waals surface area contributed by atoms with E-state index in [1.807, 2.05) is 73.4 Å². The topological polar surface area (TPSA) is 90.4 Å². The van der Waals surface area contributed by atoms with E-state index in [0.717, 1.165) is 31.4 Å². The number of amides is 3. The van der Waals surface area contributed by atoms with Gasteiger partial charge in [0.15, 0.2) is 0 Å². The van der Waals surface area contributed by atoms with Gasteiger partial charge in [0.05, 0.1) is 30.6 Å². The molecule has 0 saturated carbocycles. The number of carbonyl (C=O) groups excluding carboxylic acids is 3. The van der Waals surface area contributed by atoms with Crippen LogP contribution in [-0.2, 0) is 19.1 Å². The van der Waals surface area contributed by atoms with Gasteiger partial charge in [-0.05, 0) is 24.5 Å². The lowest BCUT2D eigenvalue weighted by atomic mass is 9.77. The van der Waals surface area contributed by atoms with Crippen LogP contribution in [0.3, 0.4) is 0 Å². The lowest BCUT2D eigenvalue weighted by molar-refractivity contribution is -0.151. The van der Waals surface area contributed by atoms with E-state index in [9.17, 15) is 19.5 Å². The maximum Gasteiger partial charge on any atom is 0.249 e. The molecule has 1 N–H and O–H groups in total. The first-order valence-corrected chi connectivity index (χ1v) is 14.5. The summed E-state index contributed by atoms with van der Waals surface area (Å²) in [5.74, 6) is -2.30. The van der Waals surface area contributed by atoms with Crippen LogP contribution in [0.1, 0.15) is 46.5 Å². The monoisotopic (exact) mass is 535 g/mol. The molecule has 0 aliphatic carbocycles. The number of para-hydroxylation sites is 1. The molecule has 0 aromatic heterocycles. The number of nitrogens with zero attached hydrogens (tertiary/aromatic N) is 3. The number of likely N-dealkylation sites (tertiary alicyclic amines) is 1. The second kappa shape index (κ2) is 11.3. The van der Waals surface area contributed by atoms with Crippen LogP contribution in [0, 0.1) is 17.8 Å². The third-order valence-corrected chi connectivity index (χ3v) is 9.12. The third-order valence-electron chi connectivity index (χ3n) is 9.12. The lowest BCUT2D eigenvalue weighted by Gasteiger charge is -2.40. The van der Waals surface area contributed by atoms with Gasteiger partial charge in [-0.2, -0.15) is 0 Å². The fourth-order valence-electron chi connectivity index (χ4n) is 6.89. The van der Waals surface area contributed by atoms with Gasteiger partial charge in [0.25, 0.3) is 0 Å². The molecule has 8 nitrogen and oxygen atoms in total. The van der Waals surface area contributed by atoms with Gasteiger partial charge in [-0.3, -0.25) is 14.4 Å². The van der Waals surface area contributed by atoms with Gasteiger partial charge >= 0.3 is 0 Å². The third kappa shape index (κ3) is 4.51. The average Bonchev–Trinajstić information content (AvgIpc) is 3.26. The fraction of sp³-hybridized carbons (Fsp3) is 0.581. The quantitative estimate of drug-likeness (QED) is 0.388. The first-order chi connectivity index (χ1) is 18.9. The van der Waals surface area contributed by atoms with Crippen LogP contribution < -0.4 is 4.90 Å². The molecule has 5 rings (SSSR count). The van der Waals surface area contributed by atoms with Crippen LogP contribution in [0.4, 0.5) is 5.69 Å². The van der Waals surface area contributed by atoms with Crippen molar-refractivity contribution in [3.63, 3.8) is 0 Å². The molecule has 4 aliphatic rings. The summed E-state index contributed by atoms with van der Waals surface area (Å²) in [5, 5.41) is 10.5. The Labute approximate surface area is 231 Å². The van der Waals surface area contributed by atoms with Crippen LogP contribution in [0.5, 0.6) is 0 Å². The minimum Gasteiger partial charge on any atom is -0.394 e. The molecule has 0 radical (unpaired) electrons. The number of hydrogen-bond donors (Lipinski definition) is 1. The van der Waals surface area contributed by atoms with Crippen LogP contribution in [-0.4, -0.2) is 82.7 Å². The molecule has 4 heterocycles. The molecule has 0 bridgehead atoms. The molecule has 1 aromatic carbocycles. The fourth-order valence-corrected chi connectivity index (χ4v) is 6.89. The molecular formula is C31H41N3O5. The second-order valence-electron chi connectivity index (χ2n) is 11.3. The van der Waals surface area contributed by atoms with Gasteiger partial charge in [0.2, 0.25) is 17.7 Å². The molecule has 3 amide bonds. The summed E-state index contributed by atoms with van der Waals surface area (Å²) in [7, 11) is 0. The molecule has 39 heavy (non-hydrogen) atoms. The average molecular weight is 536 g/mol. The summed E-state index contributed by atoms with van der Waals surface area (Å²) >= 11 is 0. The molecule has 1 spiro atoms. The van der Waals surface area contributed by atoms with Gasteiger partial charge in [0, 0.05) is 25.3 Å². The SMILES string of the molecule is CCCCCN1CC=C[C@]23O[C@H]4C=CCN(c5ccccc5)C(=O)[C@H]4[C@H]2C(=O)N([C@@H](CO)[C@@H](C)CC)C3C1=O. The predicted octanol–water partition coefficient (Wildman–Crippen LogP) is 3.17. The Kier molecular flexibility index (Phi) is 7.96. The Bertz CT molecular complexity index is 1140. The summed E-state index contributed by atoms with van der Waals surface area (Å²) in [6, 6.07) is 7.97. The molecule has 2 fully saturated rings. The molecule has 2 saturated heterocycles. The number of hydrogen-bond acceptors (Lipinski definition) is 5. The second-order valence-corrected chi connectivity index (χ2v) is 11.3. The highest BCUT2D eigenvalue weighted by Crippen LogP contribution is 2.54. The summed E-state index contributed by atoms with van der Waals surface area (Å²) in [6.07, 6.45) is 10.7. The van der Waals surface area contributed by atoms with Crippen LogP contribution in [0.15, 0.2) is 54.6 Å². The molecule has 1 unspecified atom stereocenters. The van der Waals surface area contributed by atoms with Crippen LogP contribution >= 0.6 is 0 Å². The van der Waals surface area contributed by atoms with E-state index in [2.05, 4.69) is 6.92 Å². The number of fused-ring (bicyclic) bond motifs is 2. The normalized spacial score (nSPS) is 31.6. The highest BCUT2D eigenvalue weighted by atomic mass is 16.5. The van der Waals surface area contributed by atoms with E-state index < -0.39 is 35.6 Å². The van der Waals surface area contributed by atoms with Crippen molar-refractivity contribution in [1.29, 1.82) is 0 Å². The van der Waals surface area contributed by atoms with Crippen molar-refractivity contribution in [2.45, 2.75) is 70.2 Å². The Morgan fingerprint density at radius 3 is 2.49 bits per heavy atom. The Balaban J connectivity index is 1.59. The number of ether oxygens (including phenoxy) is 1. The van der Waals surface area contributed by atoms with Crippen LogP contribution in [0.25, 0.3) is 0 Å². The van der Waals surface area contributed by atoms with E-state index in [0.29, 0.717) is 19.6 Å². The number of aliphatic hydroxyl groups is 1. The van der Waals surface area contributed by atoms with Gasteiger partial charge in [-0.1, -0.05) is 82.5 Å². The minimum absolute atomic E-state index is 0.0373. The van der Waals surface area contributed by atoms with Crippen molar-refractivity contribution in [1.82, 2.24) is 9.80 Å². The van der Waals surface area contributed by atoms with E-state index in [4.69, 9.17) is 4.74 Å². The number of anilines is 1. The number of unbranched alkanes of at least 4 members (excludes halogenated alkanes) is 2. The zero-order chi connectivity index (χ0) is 27.7. The highest BCUT2D eigenvalue weighted by molar-refractivity contribution is 6.04. The van der Waals surface area contributed by atoms with Crippen LogP contribution in [0.2, 0.25) is 0 Å². The van der Waals surface area contributed by atoms with E-state index in [1.165, 1.54) is 0 Å². The molecule has 1 aromatic rings. The largest absolute Gasteiger partial charge is 0.394 e. The summed E-state index contributed by atoms with van der Waals surface area (Å²) in [5.41, 5.74) is -0.515. The molecule has 210 valence electrons. The Hall–Kier alpha value is -2.97. The first-order valence-electron chi connectivity index (χ1n) is 14.5. The maximum absolute atomic E-state index is 14.5. The molecule has 4 aliphatic heterocycles. The number of carbonyl (C=O) groups is 3. The minimum atomic E-state index is -1.27. The Morgan fingerprint density at radius 1 is 1.03 bits per heavy atom. The van der Waals surface area contributed by atoms with Crippen molar-refractivity contribution < 1.29 is 24.2 Å². The van der Waals surface area contributed by atoms with Gasteiger partial charge in [-0.25, -0.2) is 0 Å². The molecular weight excluding hydrogens is 494 g/mol. The summed E-state index contributed by atoms with van der Waals surface area (Å²) in [4.78, 5) is 48.1. The highest BCUT2D eigenvalue weighted by Gasteiger charge is 2.72. The van der Waals surface area contributed by atoms with Gasteiger partial charge < -0.3 is 24.5 Å². The zero-order valence-corrected chi connectivity index (χ0v) is 23.2. The van der Waals surface area contributed by atoms with Crippen molar-refractivity contribution in [2.75, 3.05) is 31.1 Å². The van der Waals surface area contributed by atoms with Gasteiger partial charge in [0.1, 0.15) is 11.6 Å². The van der Waals surface area contributed by atoms with E-state index >= 15 is 0 Å². The number of rotatable bonds is 9. The molecule has 7 atom stereocenters.